The van der Waals surface area contributed by atoms with Crippen LogP contribution in [0, 0.1) is 6.92 Å². The molecule has 1 heterocycles. The van der Waals surface area contributed by atoms with E-state index < -0.39 is 0 Å². The molecule has 0 aliphatic carbocycles. The maximum absolute atomic E-state index is 12.4. The van der Waals surface area contributed by atoms with Crippen molar-refractivity contribution in [2.45, 2.75) is 13.0 Å². The number of ether oxygens (including phenoxy) is 1. The van der Waals surface area contributed by atoms with Crippen LogP contribution in [0.2, 0.25) is 5.02 Å². The summed E-state index contributed by atoms with van der Waals surface area (Å²) in [6, 6.07) is 18.2. The summed E-state index contributed by atoms with van der Waals surface area (Å²) in [5.74, 6) is 1.07. The van der Waals surface area contributed by atoms with Gasteiger partial charge in [-0.2, -0.15) is 0 Å². The second kappa shape index (κ2) is 7.90. The van der Waals surface area contributed by atoms with Crippen molar-refractivity contribution in [3.63, 3.8) is 0 Å². The van der Waals surface area contributed by atoms with E-state index in [2.05, 4.69) is 5.32 Å². The number of hydrogen-bond donors (Lipinski definition) is 1. The van der Waals surface area contributed by atoms with Gasteiger partial charge >= 0.3 is 0 Å². The Morgan fingerprint density at radius 2 is 1.96 bits per heavy atom. The zero-order valence-electron chi connectivity index (χ0n) is 13.7. The number of amides is 1. The van der Waals surface area contributed by atoms with Crippen LogP contribution in [0.25, 0.3) is 0 Å². The number of furan rings is 1. The van der Waals surface area contributed by atoms with E-state index in [4.69, 9.17) is 20.8 Å². The summed E-state index contributed by atoms with van der Waals surface area (Å²) in [6.07, 6.45) is 1.59. The highest BCUT2D eigenvalue weighted by molar-refractivity contribution is 6.30. The van der Waals surface area contributed by atoms with Crippen LogP contribution in [0.15, 0.2) is 71.3 Å². The molecular formula is C20H18ClNO3. The summed E-state index contributed by atoms with van der Waals surface area (Å²) < 4.78 is 11.1. The van der Waals surface area contributed by atoms with Gasteiger partial charge in [-0.05, 0) is 48.4 Å². The van der Waals surface area contributed by atoms with Crippen molar-refractivity contribution in [2.75, 3.05) is 6.61 Å². The molecule has 5 heteroatoms. The molecule has 0 spiro atoms. The highest BCUT2D eigenvalue weighted by Crippen LogP contribution is 2.23. The molecule has 0 bridgehead atoms. The molecule has 1 unspecified atom stereocenters. The van der Waals surface area contributed by atoms with E-state index in [9.17, 15) is 4.79 Å². The van der Waals surface area contributed by atoms with Gasteiger partial charge in [-0.3, -0.25) is 4.79 Å². The predicted molar refractivity (Wildman–Crippen MR) is 96.8 cm³/mol. The fourth-order valence-corrected chi connectivity index (χ4v) is 2.77. The van der Waals surface area contributed by atoms with Gasteiger partial charge in [0.25, 0.3) is 5.91 Å². The summed E-state index contributed by atoms with van der Waals surface area (Å²) >= 11 is 5.93. The molecule has 4 nitrogen and oxygen atoms in total. The fraction of sp³-hybridized carbons (Fsp3) is 0.150. The Bertz CT molecular complexity index is 831. The van der Waals surface area contributed by atoms with Gasteiger partial charge in [-0.15, -0.1) is 0 Å². The molecule has 0 aliphatic heterocycles. The normalized spacial score (nSPS) is 11.8. The molecule has 25 heavy (non-hydrogen) atoms. The van der Waals surface area contributed by atoms with Gasteiger partial charge in [-0.25, -0.2) is 0 Å². The Balaban J connectivity index is 1.68. The topological polar surface area (TPSA) is 51.5 Å². The Kier molecular flexibility index (Phi) is 5.41. The molecule has 3 aromatic rings. The lowest BCUT2D eigenvalue weighted by Gasteiger charge is -2.17. The number of benzene rings is 2. The molecule has 128 valence electrons. The summed E-state index contributed by atoms with van der Waals surface area (Å²) in [6.45, 7) is 1.79. The van der Waals surface area contributed by atoms with Crippen LogP contribution in [-0.2, 0) is 4.79 Å². The van der Waals surface area contributed by atoms with Gasteiger partial charge in [-0.1, -0.05) is 41.9 Å². The highest BCUT2D eigenvalue weighted by atomic mass is 35.5. The van der Waals surface area contributed by atoms with E-state index in [0.717, 1.165) is 11.1 Å². The van der Waals surface area contributed by atoms with Crippen molar-refractivity contribution < 1.29 is 13.9 Å². The zero-order chi connectivity index (χ0) is 17.6. The lowest BCUT2D eigenvalue weighted by atomic mass is 10.0. The summed E-state index contributed by atoms with van der Waals surface area (Å²) in [4.78, 5) is 12.4. The lowest BCUT2D eigenvalue weighted by molar-refractivity contribution is -0.123. The van der Waals surface area contributed by atoms with Crippen LogP contribution >= 0.6 is 11.6 Å². The zero-order valence-corrected chi connectivity index (χ0v) is 14.5. The number of rotatable bonds is 6. The molecule has 1 amide bonds. The minimum atomic E-state index is -0.362. The van der Waals surface area contributed by atoms with Crippen molar-refractivity contribution >= 4 is 17.5 Å². The fourth-order valence-electron chi connectivity index (χ4n) is 2.54. The third-order valence-electron chi connectivity index (χ3n) is 3.76. The van der Waals surface area contributed by atoms with Crippen LogP contribution in [0.5, 0.6) is 5.75 Å². The van der Waals surface area contributed by atoms with Gasteiger partial charge in [0.1, 0.15) is 17.6 Å². The number of nitrogens with one attached hydrogen (secondary N) is 1. The van der Waals surface area contributed by atoms with E-state index in [0.29, 0.717) is 16.5 Å². The molecule has 0 saturated carbocycles. The average molecular weight is 356 g/mol. The molecule has 1 aromatic heterocycles. The molecule has 2 aromatic carbocycles. The van der Waals surface area contributed by atoms with Crippen molar-refractivity contribution in [1.82, 2.24) is 5.32 Å². The van der Waals surface area contributed by atoms with E-state index in [1.807, 2.05) is 43.3 Å². The number of carbonyl (C=O) groups excluding carboxylic acids is 1. The Hall–Kier alpha value is -2.72. The van der Waals surface area contributed by atoms with Crippen LogP contribution in [-0.4, -0.2) is 12.5 Å². The SMILES string of the molecule is Cc1cc(Cl)ccc1OCC(=O)NC(c1ccccc1)c1ccco1. The summed E-state index contributed by atoms with van der Waals surface area (Å²) in [7, 11) is 0. The minimum absolute atomic E-state index is 0.0908. The second-order valence-corrected chi connectivity index (χ2v) is 6.06. The molecule has 1 N–H and O–H groups in total. The molecule has 1 atom stereocenters. The molecule has 3 rings (SSSR count). The number of aryl methyl sites for hydroxylation is 1. The van der Waals surface area contributed by atoms with Crippen molar-refractivity contribution in [3.05, 3.63) is 88.8 Å². The average Bonchev–Trinajstić information content (AvgIpc) is 3.14. The first-order valence-corrected chi connectivity index (χ1v) is 8.28. The molecule has 0 aliphatic rings. The first kappa shape index (κ1) is 17.1. The van der Waals surface area contributed by atoms with E-state index >= 15 is 0 Å². The largest absolute Gasteiger partial charge is 0.484 e. The maximum Gasteiger partial charge on any atom is 0.258 e. The predicted octanol–water partition coefficient (Wildman–Crippen LogP) is 4.53. The van der Waals surface area contributed by atoms with Gasteiger partial charge in [0.15, 0.2) is 6.61 Å². The lowest BCUT2D eigenvalue weighted by Crippen LogP contribution is -2.33. The standard InChI is InChI=1S/C20H18ClNO3/c1-14-12-16(21)9-10-17(14)25-13-19(23)22-20(18-8-5-11-24-18)15-6-3-2-4-7-15/h2-12,20H,13H2,1H3,(H,22,23). The quantitative estimate of drug-likeness (QED) is 0.707. The number of hydrogen-bond acceptors (Lipinski definition) is 3. The Morgan fingerprint density at radius 3 is 2.64 bits per heavy atom. The van der Waals surface area contributed by atoms with E-state index in [1.54, 1.807) is 30.5 Å². The number of carbonyl (C=O) groups is 1. The minimum Gasteiger partial charge on any atom is -0.484 e. The first-order chi connectivity index (χ1) is 12.1. The third kappa shape index (κ3) is 4.43. The molecule has 0 radical (unpaired) electrons. The summed E-state index contributed by atoms with van der Waals surface area (Å²) in [5.41, 5.74) is 1.82. The van der Waals surface area contributed by atoms with Gasteiger partial charge in [0, 0.05) is 5.02 Å². The van der Waals surface area contributed by atoms with Crippen LogP contribution in [0.1, 0.15) is 22.9 Å². The molecular weight excluding hydrogens is 338 g/mol. The Labute approximate surface area is 151 Å². The van der Waals surface area contributed by atoms with E-state index in [1.165, 1.54) is 0 Å². The van der Waals surface area contributed by atoms with Crippen LogP contribution < -0.4 is 10.1 Å². The van der Waals surface area contributed by atoms with Crippen molar-refractivity contribution in [1.29, 1.82) is 0 Å². The second-order valence-electron chi connectivity index (χ2n) is 5.63. The molecule has 0 saturated heterocycles. The van der Waals surface area contributed by atoms with Gasteiger partial charge < -0.3 is 14.5 Å². The third-order valence-corrected chi connectivity index (χ3v) is 4.00. The van der Waals surface area contributed by atoms with Gasteiger partial charge in [0.2, 0.25) is 0 Å². The highest BCUT2D eigenvalue weighted by Gasteiger charge is 2.19. The molecule has 0 fully saturated rings. The Morgan fingerprint density at radius 1 is 1.16 bits per heavy atom. The van der Waals surface area contributed by atoms with E-state index in [-0.39, 0.29) is 18.6 Å². The maximum atomic E-state index is 12.4. The van der Waals surface area contributed by atoms with Crippen molar-refractivity contribution in [2.24, 2.45) is 0 Å². The monoisotopic (exact) mass is 355 g/mol. The van der Waals surface area contributed by atoms with Gasteiger partial charge in [0.05, 0.1) is 6.26 Å². The van der Waals surface area contributed by atoms with Crippen LogP contribution in [0.4, 0.5) is 0 Å². The van der Waals surface area contributed by atoms with Crippen LogP contribution in [0.3, 0.4) is 0 Å². The first-order valence-electron chi connectivity index (χ1n) is 7.90. The smallest absolute Gasteiger partial charge is 0.258 e. The summed E-state index contributed by atoms with van der Waals surface area (Å²) in [5, 5.41) is 3.59. The van der Waals surface area contributed by atoms with Crippen molar-refractivity contribution in [3.8, 4) is 5.75 Å². The number of halogens is 1.